The lowest BCUT2D eigenvalue weighted by atomic mass is 9.77. The molecule has 0 saturated heterocycles. The Morgan fingerprint density at radius 2 is 1.82 bits per heavy atom. The van der Waals surface area contributed by atoms with Gasteiger partial charge in [0.1, 0.15) is 5.57 Å². The zero-order valence-electron chi connectivity index (χ0n) is 21.1. The average molecular weight is 575 g/mol. The van der Waals surface area contributed by atoms with E-state index in [-0.39, 0.29) is 41.3 Å². The van der Waals surface area contributed by atoms with Crippen LogP contribution in [0.25, 0.3) is 5.57 Å². The van der Waals surface area contributed by atoms with E-state index < -0.39 is 42.5 Å². The van der Waals surface area contributed by atoms with Crippen molar-refractivity contribution < 1.29 is 35.9 Å². The molecule has 2 heterocycles. The van der Waals surface area contributed by atoms with E-state index in [1.807, 2.05) is 6.92 Å². The second-order valence-corrected chi connectivity index (χ2v) is 11.0. The molecule has 4 rings (SSSR count). The summed E-state index contributed by atoms with van der Waals surface area (Å²) in [6.07, 6.45) is -6.47. The number of alkyl halides is 6. The standard InChI is InChI=1S/C26H28F6N4O2S/c1-16-5-7-17(8-6-16)20-13-24(26(30,31)32,34-22(37)21(20)23(38)35-39-19-9-10-19)18-14-33-36(15-18)12-4-2-3-11-25(27,28)29/h5-8,14-15,19H,2-4,9-13H2,1H3,(H,34,37)(H,35,38). The molecule has 0 radical (unpaired) electrons. The van der Waals surface area contributed by atoms with Crippen LogP contribution < -0.4 is 10.0 Å². The number of rotatable bonds is 10. The van der Waals surface area contributed by atoms with E-state index in [4.69, 9.17) is 0 Å². The fourth-order valence-electron chi connectivity index (χ4n) is 4.40. The smallest absolute Gasteiger partial charge is 0.334 e. The first kappa shape index (κ1) is 29.0. The van der Waals surface area contributed by atoms with Crippen molar-refractivity contribution in [3.63, 3.8) is 0 Å². The molecular formula is C26H28F6N4O2S. The summed E-state index contributed by atoms with van der Waals surface area (Å²) in [4.78, 5) is 26.3. The highest BCUT2D eigenvalue weighted by Gasteiger charge is 2.60. The maximum absolute atomic E-state index is 14.8. The number of aryl methyl sites for hydroxylation is 2. The Morgan fingerprint density at radius 3 is 2.44 bits per heavy atom. The second-order valence-electron chi connectivity index (χ2n) is 9.92. The molecule has 1 atom stereocenters. The molecule has 1 unspecified atom stereocenters. The Labute approximate surface area is 225 Å². The van der Waals surface area contributed by atoms with Gasteiger partial charge in [0.2, 0.25) is 0 Å². The molecule has 1 fully saturated rings. The second kappa shape index (κ2) is 11.3. The predicted octanol–water partition coefficient (Wildman–Crippen LogP) is 5.97. The first-order valence-electron chi connectivity index (χ1n) is 12.5. The molecule has 1 aromatic carbocycles. The van der Waals surface area contributed by atoms with Gasteiger partial charge in [-0.3, -0.25) is 19.0 Å². The minimum absolute atomic E-state index is 0.0372. The monoisotopic (exact) mass is 574 g/mol. The number of amides is 2. The lowest BCUT2D eigenvalue weighted by molar-refractivity contribution is -0.202. The van der Waals surface area contributed by atoms with Crippen molar-refractivity contribution in [2.45, 2.75) is 81.6 Å². The normalized spacial score (nSPS) is 20.2. The van der Waals surface area contributed by atoms with Gasteiger partial charge in [0.05, 0.1) is 6.20 Å². The SMILES string of the molecule is Cc1ccc(C2=C(C(=O)NSC3CC3)C(=O)NC(c3cnn(CCCCCC(F)(F)F)c3)(C(F)(F)F)C2)cc1. The Morgan fingerprint density at radius 1 is 1.13 bits per heavy atom. The number of nitrogens with one attached hydrogen (secondary N) is 2. The molecule has 0 bridgehead atoms. The molecular weight excluding hydrogens is 546 g/mol. The highest BCUT2D eigenvalue weighted by atomic mass is 32.2. The van der Waals surface area contributed by atoms with E-state index in [1.54, 1.807) is 24.3 Å². The Kier molecular flexibility index (Phi) is 8.38. The van der Waals surface area contributed by atoms with Crippen LogP contribution in [-0.2, 0) is 21.7 Å². The van der Waals surface area contributed by atoms with Crippen molar-refractivity contribution >= 4 is 29.3 Å². The van der Waals surface area contributed by atoms with Gasteiger partial charge in [-0.2, -0.15) is 31.4 Å². The molecule has 1 saturated carbocycles. The van der Waals surface area contributed by atoms with E-state index in [9.17, 15) is 35.9 Å². The molecule has 13 heteroatoms. The lowest BCUT2D eigenvalue weighted by Crippen LogP contribution is -2.59. The maximum Gasteiger partial charge on any atom is 0.416 e. The number of carbonyl (C=O) groups is 2. The molecule has 2 aromatic rings. The number of carbonyl (C=O) groups excluding carboxylic acids is 2. The molecule has 1 aromatic heterocycles. The van der Waals surface area contributed by atoms with Crippen LogP contribution in [0.1, 0.15) is 61.6 Å². The van der Waals surface area contributed by atoms with Crippen LogP contribution in [0.5, 0.6) is 0 Å². The van der Waals surface area contributed by atoms with Crippen LogP contribution in [-0.4, -0.2) is 39.2 Å². The number of unbranched alkanes of at least 4 members (excludes halogenated alkanes) is 2. The van der Waals surface area contributed by atoms with Gasteiger partial charge in [-0.25, -0.2) is 0 Å². The van der Waals surface area contributed by atoms with E-state index in [0.29, 0.717) is 12.0 Å². The molecule has 0 spiro atoms. The van der Waals surface area contributed by atoms with E-state index in [1.165, 1.54) is 4.68 Å². The van der Waals surface area contributed by atoms with Gasteiger partial charge in [0, 0.05) is 36.4 Å². The quantitative estimate of drug-likeness (QED) is 0.159. The molecule has 212 valence electrons. The zero-order chi connectivity index (χ0) is 28.4. The van der Waals surface area contributed by atoms with E-state index in [0.717, 1.165) is 42.7 Å². The summed E-state index contributed by atoms with van der Waals surface area (Å²) >= 11 is 1.15. The van der Waals surface area contributed by atoms with Crippen LogP contribution in [0.2, 0.25) is 0 Å². The highest BCUT2D eigenvalue weighted by Crippen LogP contribution is 2.48. The average Bonchev–Trinajstić information content (AvgIpc) is 3.56. The first-order chi connectivity index (χ1) is 18.3. The van der Waals surface area contributed by atoms with E-state index in [2.05, 4.69) is 15.1 Å². The van der Waals surface area contributed by atoms with Gasteiger partial charge in [-0.05, 0) is 55.7 Å². The predicted molar refractivity (Wildman–Crippen MR) is 134 cm³/mol. The summed E-state index contributed by atoms with van der Waals surface area (Å²) in [5.41, 5.74) is -2.41. The summed E-state index contributed by atoms with van der Waals surface area (Å²) in [6, 6.07) is 6.54. The maximum atomic E-state index is 14.8. The molecule has 2 N–H and O–H groups in total. The van der Waals surface area contributed by atoms with Gasteiger partial charge >= 0.3 is 12.4 Å². The number of hydrogen-bond donors (Lipinski definition) is 2. The van der Waals surface area contributed by atoms with Crippen LogP contribution in [0.4, 0.5) is 26.3 Å². The van der Waals surface area contributed by atoms with Crippen LogP contribution in [0.15, 0.2) is 42.2 Å². The van der Waals surface area contributed by atoms with Crippen LogP contribution in [0, 0.1) is 6.92 Å². The number of benzene rings is 1. The molecule has 2 amide bonds. The summed E-state index contributed by atoms with van der Waals surface area (Å²) in [6.45, 7) is 1.93. The van der Waals surface area contributed by atoms with Gasteiger partial charge in [-0.1, -0.05) is 36.2 Å². The number of halogens is 6. The van der Waals surface area contributed by atoms with Crippen LogP contribution >= 0.6 is 11.9 Å². The molecule has 1 aliphatic carbocycles. The third-order valence-corrected chi connectivity index (χ3v) is 7.83. The van der Waals surface area contributed by atoms with Crippen molar-refractivity contribution in [1.82, 2.24) is 19.8 Å². The van der Waals surface area contributed by atoms with Gasteiger partial charge in [0.15, 0.2) is 5.54 Å². The summed E-state index contributed by atoms with van der Waals surface area (Å²) in [5, 5.41) is 6.27. The van der Waals surface area contributed by atoms with Gasteiger partial charge < -0.3 is 5.32 Å². The Balaban J connectivity index is 1.63. The summed E-state index contributed by atoms with van der Waals surface area (Å²) in [5.74, 6) is -1.91. The first-order valence-corrected chi connectivity index (χ1v) is 13.4. The third kappa shape index (κ3) is 6.98. The minimum Gasteiger partial charge on any atom is -0.334 e. The zero-order valence-corrected chi connectivity index (χ0v) is 21.9. The lowest BCUT2D eigenvalue weighted by Gasteiger charge is -2.40. The number of aromatic nitrogens is 2. The topological polar surface area (TPSA) is 76.0 Å². The molecule has 39 heavy (non-hydrogen) atoms. The van der Waals surface area contributed by atoms with Crippen molar-refractivity contribution in [1.29, 1.82) is 0 Å². The molecule has 6 nitrogen and oxygen atoms in total. The summed E-state index contributed by atoms with van der Waals surface area (Å²) in [7, 11) is 0. The van der Waals surface area contributed by atoms with E-state index >= 15 is 0 Å². The largest absolute Gasteiger partial charge is 0.416 e. The molecule has 1 aliphatic heterocycles. The van der Waals surface area contributed by atoms with Gasteiger partial charge in [0.25, 0.3) is 11.8 Å². The van der Waals surface area contributed by atoms with Crippen molar-refractivity contribution in [3.05, 3.63) is 58.9 Å². The highest BCUT2D eigenvalue weighted by molar-refractivity contribution is 7.98. The Bertz CT molecular complexity index is 1230. The van der Waals surface area contributed by atoms with Crippen molar-refractivity contribution in [2.75, 3.05) is 0 Å². The minimum atomic E-state index is -4.95. The Hall–Kier alpha value is -2.96. The summed E-state index contributed by atoms with van der Waals surface area (Å²) < 4.78 is 85.2. The van der Waals surface area contributed by atoms with Gasteiger partial charge in [-0.15, -0.1) is 0 Å². The third-order valence-electron chi connectivity index (χ3n) is 6.72. The fourth-order valence-corrected chi connectivity index (χ4v) is 5.14. The van der Waals surface area contributed by atoms with Crippen molar-refractivity contribution in [2.24, 2.45) is 0 Å². The number of nitrogens with zero attached hydrogens (tertiary/aromatic N) is 2. The fraction of sp³-hybridized carbons (Fsp3) is 0.500. The molecule has 2 aliphatic rings. The van der Waals surface area contributed by atoms with Crippen LogP contribution in [0.3, 0.4) is 0 Å². The number of hydrogen-bond acceptors (Lipinski definition) is 4. The van der Waals surface area contributed by atoms with Crippen molar-refractivity contribution in [3.8, 4) is 0 Å².